The lowest BCUT2D eigenvalue weighted by molar-refractivity contribution is 0.403. The SMILES string of the molecule is Cn1ccc(CC(CNC(C)(C)C)c2cccc(F)c2)n1. The van der Waals surface area contributed by atoms with Crippen molar-refractivity contribution in [2.45, 2.75) is 38.6 Å². The van der Waals surface area contributed by atoms with Gasteiger partial charge in [0.15, 0.2) is 0 Å². The van der Waals surface area contributed by atoms with Crippen LogP contribution >= 0.6 is 0 Å². The van der Waals surface area contributed by atoms with E-state index < -0.39 is 0 Å². The molecule has 114 valence electrons. The number of benzene rings is 1. The monoisotopic (exact) mass is 289 g/mol. The van der Waals surface area contributed by atoms with Crippen LogP contribution in [0, 0.1) is 5.82 Å². The van der Waals surface area contributed by atoms with Crippen LogP contribution in [-0.4, -0.2) is 21.9 Å². The van der Waals surface area contributed by atoms with Crippen LogP contribution in [0.25, 0.3) is 0 Å². The summed E-state index contributed by atoms with van der Waals surface area (Å²) in [5.41, 5.74) is 2.08. The summed E-state index contributed by atoms with van der Waals surface area (Å²) < 4.78 is 15.3. The molecule has 2 rings (SSSR count). The molecule has 1 N–H and O–H groups in total. The Labute approximate surface area is 126 Å². The molecule has 1 aromatic heterocycles. The van der Waals surface area contributed by atoms with E-state index in [1.54, 1.807) is 16.8 Å². The Morgan fingerprint density at radius 1 is 1.29 bits per heavy atom. The van der Waals surface area contributed by atoms with Gasteiger partial charge in [0, 0.05) is 31.2 Å². The molecule has 0 aliphatic rings. The van der Waals surface area contributed by atoms with Crippen LogP contribution in [0.4, 0.5) is 4.39 Å². The normalized spacial score (nSPS) is 13.4. The van der Waals surface area contributed by atoms with Crippen molar-refractivity contribution < 1.29 is 4.39 Å². The summed E-state index contributed by atoms with van der Waals surface area (Å²) in [6.45, 7) is 7.20. The van der Waals surface area contributed by atoms with Gasteiger partial charge in [-0.25, -0.2) is 4.39 Å². The van der Waals surface area contributed by atoms with Gasteiger partial charge in [-0.3, -0.25) is 4.68 Å². The molecule has 0 saturated carbocycles. The van der Waals surface area contributed by atoms with Crippen molar-refractivity contribution in [1.82, 2.24) is 15.1 Å². The van der Waals surface area contributed by atoms with Crippen LogP contribution in [0.5, 0.6) is 0 Å². The number of aryl methyl sites for hydroxylation is 1. The largest absolute Gasteiger partial charge is 0.311 e. The van der Waals surface area contributed by atoms with Gasteiger partial charge in [0.25, 0.3) is 0 Å². The molecule has 0 spiro atoms. The van der Waals surface area contributed by atoms with Gasteiger partial charge in [-0.15, -0.1) is 0 Å². The van der Waals surface area contributed by atoms with Gasteiger partial charge in [-0.1, -0.05) is 12.1 Å². The highest BCUT2D eigenvalue weighted by atomic mass is 19.1. The van der Waals surface area contributed by atoms with Crippen molar-refractivity contribution >= 4 is 0 Å². The number of aromatic nitrogens is 2. The fourth-order valence-corrected chi connectivity index (χ4v) is 2.32. The summed E-state index contributed by atoms with van der Waals surface area (Å²) in [6, 6.07) is 8.88. The second kappa shape index (κ2) is 6.39. The number of halogens is 1. The third-order valence-corrected chi connectivity index (χ3v) is 3.42. The van der Waals surface area contributed by atoms with Gasteiger partial charge in [0.1, 0.15) is 5.82 Å². The second-order valence-corrected chi connectivity index (χ2v) is 6.57. The smallest absolute Gasteiger partial charge is 0.123 e. The maximum Gasteiger partial charge on any atom is 0.123 e. The van der Waals surface area contributed by atoms with E-state index in [-0.39, 0.29) is 17.3 Å². The number of nitrogens with zero attached hydrogens (tertiary/aromatic N) is 2. The van der Waals surface area contributed by atoms with Crippen molar-refractivity contribution in [2.75, 3.05) is 6.54 Å². The third-order valence-electron chi connectivity index (χ3n) is 3.42. The molecular formula is C17H24FN3. The quantitative estimate of drug-likeness (QED) is 0.915. The molecule has 0 amide bonds. The van der Waals surface area contributed by atoms with Gasteiger partial charge >= 0.3 is 0 Å². The Morgan fingerprint density at radius 3 is 2.62 bits per heavy atom. The molecule has 3 nitrogen and oxygen atoms in total. The van der Waals surface area contributed by atoms with E-state index in [2.05, 4.69) is 31.2 Å². The maximum atomic E-state index is 13.5. The predicted octanol–water partition coefficient (Wildman–Crippen LogP) is 3.27. The molecular weight excluding hydrogens is 265 g/mol. The first kappa shape index (κ1) is 15.7. The Hall–Kier alpha value is -1.68. The van der Waals surface area contributed by atoms with E-state index in [4.69, 9.17) is 0 Å². The Balaban J connectivity index is 2.17. The molecule has 0 saturated heterocycles. The number of hydrogen-bond acceptors (Lipinski definition) is 2. The second-order valence-electron chi connectivity index (χ2n) is 6.57. The summed E-state index contributed by atoms with van der Waals surface area (Å²) >= 11 is 0. The molecule has 4 heteroatoms. The minimum atomic E-state index is -0.186. The van der Waals surface area contributed by atoms with Crippen molar-refractivity contribution in [3.63, 3.8) is 0 Å². The van der Waals surface area contributed by atoms with Crippen LogP contribution in [0.1, 0.15) is 37.9 Å². The molecule has 0 radical (unpaired) electrons. The molecule has 2 aromatic rings. The van der Waals surface area contributed by atoms with Crippen LogP contribution in [0.2, 0.25) is 0 Å². The van der Waals surface area contributed by atoms with E-state index in [9.17, 15) is 4.39 Å². The highest BCUT2D eigenvalue weighted by Gasteiger charge is 2.18. The van der Waals surface area contributed by atoms with Crippen molar-refractivity contribution in [3.8, 4) is 0 Å². The van der Waals surface area contributed by atoms with E-state index in [0.29, 0.717) is 0 Å². The van der Waals surface area contributed by atoms with E-state index in [1.165, 1.54) is 6.07 Å². The summed E-state index contributed by atoms with van der Waals surface area (Å²) in [5, 5.41) is 7.95. The number of rotatable bonds is 5. The average molecular weight is 289 g/mol. The minimum Gasteiger partial charge on any atom is -0.311 e. The zero-order chi connectivity index (χ0) is 15.5. The van der Waals surface area contributed by atoms with E-state index in [1.807, 2.05) is 25.4 Å². The van der Waals surface area contributed by atoms with E-state index >= 15 is 0 Å². The number of nitrogens with one attached hydrogen (secondary N) is 1. The summed E-state index contributed by atoms with van der Waals surface area (Å²) in [7, 11) is 1.91. The third kappa shape index (κ3) is 4.97. The van der Waals surface area contributed by atoms with Gasteiger partial charge < -0.3 is 5.32 Å². The summed E-state index contributed by atoms with van der Waals surface area (Å²) in [6.07, 6.45) is 2.74. The van der Waals surface area contributed by atoms with Crippen molar-refractivity contribution in [2.24, 2.45) is 7.05 Å². The lowest BCUT2D eigenvalue weighted by atomic mass is 9.93. The van der Waals surface area contributed by atoms with Crippen molar-refractivity contribution in [1.29, 1.82) is 0 Å². The van der Waals surface area contributed by atoms with Crippen LogP contribution in [0.15, 0.2) is 36.5 Å². The maximum absolute atomic E-state index is 13.5. The first-order valence-electron chi connectivity index (χ1n) is 7.32. The Morgan fingerprint density at radius 2 is 2.05 bits per heavy atom. The van der Waals surface area contributed by atoms with Crippen LogP contribution < -0.4 is 5.32 Å². The molecule has 0 aliphatic carbocycles. The van der Waals surface area contributed by atoms with Gasteiger partial charge in [0.2, 0.25) is 0 Å². The van der Waals surface area contributed by atoms with Gasteiger partial charge in [-0.2, -0.15) is 5.10 Å². The fourth-order valence-electron chi connectivity index (χ4n) is 2.32. The zero-order valence-electron chi connectivity index (χ0n) is 13.2. The average Bonchev–Trinajstić information content (AvgIpc) is 2.79. The van der Waals surface area contributed by atoms with Crippen LogP contribution in [0.3, 0.4) is 0 Å². The van der Waals surface area contributed by atoms with Gasteiger partial charge in [-0.05, 0) is 51.0 Å². The first-order valence-corrected chi connectivity index (χ1v) is 7.32. The molecule has 1 unspecified atom stereocenters. The molecule has 1 atom stereocenters. The molecule has 0 fully saturated rings. The molecule has 21 heavy (non-hydrogen) atoms. The first-order chi connectivity index (χ1) is 9.83. The summed E-state index contributed by atoms with van der Waals surface area (Å²) in [4.78, 5) is 0. The van der Waals surface area contributed by atoms with Gasteiger partial charge in [0.05, 0.1) is 5.69 Å². The fraction of sp³-hybridized carbons (Fsp3) is 0.471. The number of hydrogen-bond donors (Lipinski definition) is 1. The zero-order valence-corrected chi connectivity index (χ0v) is 13.2. The predicted molar refractivity (Wildman–Crippen MR) is 83.8 cm³/mol. The highest BCUT2D eigenvalue weighted by molar-refractivity contribution is 5.23. The van der Waals surface area contributed by atoms with E-state index in [0.717, 1.165) is 24.2 Å². The lowest BCUT2D eigenvalue weighted by Crippen LogP contribution is -2.39. The molecule has 1 aromatic carbocycles. The summed E-state index contributed by atoms with van der Waals surface area (Å²) in [5.74, 6) is 0.0177. The topological polar surface area (TPSA) is 29.9 Å². The van der Waals surface area contributed by atoms with Crippen molar-refractivity contribution in [3.05, 3.63) is 53.6 Å². The Bertz CT molecular complexity index is 584. The molecule has 0 aliphatic heterocycles. The molecule has 0 bridgehead atoms. The molecule has 1 heterocycles. The lowest BCUT2D eigenvalue weighted by Gasteiger charge is -2.25. The Kier molecular flexibility index (Phi) is 4.78. The highest BCUT2D eigenvalue weighted by Crippen LogP contribution is 2.21. The van der Waals surface area contributed by atoms with Crippen LogP contribution in [-0.2, 0) is 13.5 Å². The minimum absolute atomic E-state index is 0.0374. The standard InChI is InChI=1S/C17H24FN3/c1-17(2,3)19-12-14(11-16-8-9-21(4)20-16)13-6-5-7-15(18)10-13/h5-10,14,19H,11-12H2,1-4H3.